The van der Waals surface area contributed by atoms with Gasteiger partial charge in [-0.3, -0.25) is 4.98 Å². The van der Waals surface area contributed by atoms with Gasteiger partial charge >= 0.3 is 0 Å². The van der Waals surface area contributed by atoms with E-state index in [0.717, 1.165) is 17.0 Å². The lowest BCUT2D eigenvalue weighted by molar-refractivity contribution is 0.693. The van der Waals surface area contributed by atoms with Crippen LogP contribution in [0.4, 0.5) is 11.4 Å². The van der Waals surface area contributed by atoms with Crippen LogP contribution in [0.3, 0.4) is 0 Å². The van der Waals surface area contributed by atoms with Crippen molar-refractivity contribution in [1.82, 2.24) is 4.98 Å². The predicted molar refractivity (Wildman–Crippen MR) is 76.6 cm³/mol. The van der Waals surface area contributed by atoms with Crippen LogP contribution in [-0.4, -0.2) is 11.0 Å². The Morgan fingerprint density at radius 3 is 3.06 bits per heavy atom. The normalized spacial score (nSPS) is 22.1. The molecule has 1 aromatic carbocycles. The Bertz CT molecular complexity index is 565. The summed E-state index contributed by atoms with van der Waals surface area (Å²) in [4.78, 5) is 4.15. The Morgan fingerprint density at radius 1 is 1.33 bits per heavy atom. The molecule has 2 aromatic rings. The highest BCUT2D eigenvalue weighted by Crippen LogP contribution is 2.39. The smallest absolute Gasteiger partial charge is 0.0424 e. The number of anilines is 2. The molecule has 1 fully saturated rings. The molecule has 3 rings (SSSR count). The lowest BCUT2D eigenvalue weighted by atomic mass is 10.1. The van der Waals surface area contributed by atoms with Crippen LogP contribution in [0.15, 0.2) is 30.6 Å². The standard InChI is InChI=1S/C15H19N3/c1-2-3-10-8-15(10)18-14-5-4-13(16)12-9-17-7-6-11(12)14/h4-7,9-10,15,18H,2-3,8,16H2,1H3. The summed E-state index contributed by atoms with van der Waals surface area (Å²) < 4.78 is 0. The zero-order chi connectivity index (χ0) is 12.5. The van der Waals surface area contributed by atoms with Gasteiger partial charge in [0.2, 0.25) is 0 Å². The van der Waals surface area contributed by atoms with Crippen LogP contribution in [-0.2, 0) is 0 Å². The van der Waals surface area contributed by atoms with E-state index in [-0.39, 0.29) is 0 Å². The molecule has 3 nitrogen and oxygen atoms in total. The lowest BCUT2D eigenvalue weighted by Gasteiger charge is -2.11. The lowest BCUT2D eigenvalue weighted by Crippen LogP contribution is -2.05. The van der Waals surface area contributed by atoms with E-state index in [0.29, 0.717) is 6.04 Å². The van der Waals surface area contributed by atoms with Gasteiger partial charge in [-0.25, -0.2) is 0 Å². The molecule has 2 unspecified atom stereocenters. The van der Waals surface area contributed by atoms with E-state index in [9.17, 15) is 0 Å². The summed E-state index contributed by atoms with van der Waals surface area (Å²) >= 11 is 0. The third kappa shape index (κ3) is 2.01. The fraction of sp³-hybridized carbons (Fsp3) is 0.400. The maximum absolute atomic E-state index is 5.98. The predicted octanol–water partition coefficient (Wildman–Crippen LogP) is 3.42. The van der Waals surface area contributed by atoms with Crippen molar-refractivity contribution in [2.45, 2.75) is 32.2 Å². The van der Waals surface area contributed by atoms with Crippen molar-refractivity contribution >= 4 is 22.1 Å². The van der Waals surface area contributed by atoms with Gasteiger partial charge in [0, 0.05) is 40.6 Å². The van der Waals surface area contributed by atoms with Gasteiger partial charge in [0.15, 0.2) is 0 Å². The Morgan fingerprint density at radius 2 is 2.22 bits per heavy atom. The van der Waals surface area contributed by atoms with E-state index < -0.39 is 0 Å². The number of benzene rings is 1. The number of nitrogens with one attached hydrogen (secondary N) is 1. The first kappa shape index (κ1) is 11.3. The van der Waals surface area contributed by atoms with Crippen LogP contribution in [0.2, 0.25) is 0 Å². The monoisotopic (exact) mass is 241 g/mol. The number of nitrogens with two attached hydrogens (primary N) is 1. The van der Waals surface area contributed by atoms with Gasteiger partial charge in [-0.05, 0) is 37.0 Å². The number of nitrogens with zero attached hydrogens (tertiary/aromatic N) is 1. The molecular weight excluding hydrogens is 222 g/mol. The van der Waals surface area contributed by atoms with Crippen LogP contribution in [0.25, 0.3) is 10.8 Å². The molecule has 0 radical (unpaired) electrons. The van der Waals surface area contributed by atoms with Crippen LogP contribution in [0, 0.1) is 5.92 Å². The van der Waals surface area contributed by atoms with Gasteiger partial charge in [0.1, 0.15) is 0 Å². The molecule has 18 heavy (non-hydrogen) atoms. The number of nitrogen functional groups attached to an aromatic ring is 1. The highest BCUT2D eigenvalue weighted by Gasteiger charge is 2.36. The van der Waals surface area contributed by atoms with E-state index in [2.05, 4.69) is 23.3 Å². The van der Waals surface area contributed by atoms with Gasteiger partial charge in [-0.15, -0.1) is 0 Å². The maximum atomic E-state index is 5.98. The number of aromatic nitrogens is 1. The molecule has 1 saturated carbocycles. The summed E-state index contributed by atoms with van der Waals surface area (Å²) in [6.45, 7) is 2.25. The van der Waals surface area contributed by atoms with Crippen molar-refractivity contribution in [2.24, 2.45) is 5.92 Å². The molecule has 1 heterocycles. The van der Waals surface area contributed by atoms with E-state index in [1.165, 1.54) is 30.3 Å². The first-order chi connectivity index (χ1) is 8.79. The second kappa shape index (κ2) is 4.48. The van der Waals surface area contributed by atoms with E-state index >= 15 is 0 Å². The molecule has 1 aliphatic carbocycles. The van der Waals surface area contributed by atoms with Crippen molar-refractivity contribution < 1.29 is 0 Å². The first-order valence-corrected chi connectivity index (χ1v) is 6.68. The summed E-state index contributed by atoms with van der Waals surface area (Å²) in [6.07, 6.45) is 7.56. The average molecular weight is 241 g/mol. The van der Waals surface area contributed by atoms with Crippen LogP contribution < -0.4 is 11.1 Å². The quantitative estimate of drug-likeness (QED) is 0.806. The third-order valence-electron chi connectivity index (χ3n) is 3.77. The van der Waals surface area contributed by atoms with E-state index in [1.54, 1.807) is 0 Å². The Hall–Kier alpha value is -1.77. The highest BCUT2D eigenvalue weighted by atomic mass is 15.0. The van der Waals surface area contributed by atoms with Crippen molar-refractivity contribution in [2.75, 3.05) is 11.1 Å². The summed E-state index contributed by atoms with van der Waals surface area (Å²) in [5.41, 5.74) is 7.96. The minimum Gasteiger partial charge on any atom is -0.398 e. The molecular formula is C15H19N3. The summed E-state index contributed by atoms with van der Waals surface area (Å²) in [5, 5.41) is 5.85. The van der Waals surface area contributed by atoms with Crippen molar-refractivity contribution in [3.8, 4) is 0 Å². The second-order valence-electron chi connectivity index (χ2n) is 5.16. The Balaban J connectivity index is 1.87. The van der Waals surface area contributed by atoms with Crippen LogP contribution >= 0.6 is 0 Å². The number of hydrogen-bond donors (Lipinski definition) is 2. The van der Waals surface area contributed by atoms with Gasteiger partial charge in [0.05, 0.1) is 0 Å². The van der Waals surface area contributed by atoms with Gasteiger partial charge in [-0.2, -0.15) is 0 Å². The Labute approximate surface area is 107 Å². The average Bonchev–Trinajstić information content (AvgIpc) is 3.12. The van der Waals surface area contributed by atoms with E-state index in [1.807, 2.05) is 24.5 Å². The van der Waals surface area contributed by atoms with Crippen molar-refractivity contribution in [3.05, 3.63) is 30.6 Å². The molecule has 0 amide bonds. The fourth-order valence-corrected chi connectivity index (χ4v) is 2.65. The fourth-order valence-electron chi connectivity index (χ4n) is 2.65. The van der Waals surface area contributed by atoms with Crippen LogP contribution in [0.5, 0.6) is 0 Å². The highest BCUT2D eigenvalue weighted by molar-refractivity contribution is 6.00. The molecule has 0 aliphatic heterocycles. The molecule has 0 bridgehead atoms. The summed E-state index contributed by atoms with van der Waals surface area (Å²) in [6, 6.07) is 6.72. The minimum absolute atomic E-state index is 0.643. The molecule has 3 N–H and O–H groups in total. The topological polar surface area (TPSA) is 50.9 Å². The van der Waals surface area contributed by atoms with E-state index in [4.69, 9.17) is 5.73 Å². The Kier molecular flexibility index (Phi) is 2.82. The van der Waals surface area contributed by atoms with Crippen LogP contribution in [0.1, 0.15) is 26.2 Å². The SMILES string of the molecule is CCCC1CC1Nc1ccc(N)c2cnccc12. The largest absolute Gasteiger partial charge is 0.398 e. The molecule has 1 aliphatic rings. The number of pyridine rings is 1. The zero-order valence-corrected chi connectivity index (χ0v) is 10.7. The first-order valence-electron chi connectivity index (χ1n) is 6.68. The molecule has 0 saturated heterocycles. The van der Waals surface area contributed by atoms with Gasteiger partial charge in [0.25, 0.3) is 0 Å². The summed E-state index contributed by atoms with van der Waals surface area (Å²) in [5.74, 6) is 0.851. The second-order valence-corrected chi connectivity index (χ2v) is 5.16. The summed E-state index contributed by atoms with van der Waals surface area (Å²) in [7, 11) is 0. The molecule has 2 atom stereocenters. The van der Waals surface area contributed by atoms with Crippen molar-refractivity contribution in [3.63, 3.8) is 0 Å². The number of hydrogen-bond acceptors (Lipinski definition) is 3. The maximum Gasteiger partial charge on any atom is 0.0424 e. The van der Waals surface area contributed by atoms with Gasteiger partial charge < -0.3 is 11.1 Å². The van der Waals surface area contributed by atoms with Crippen molar-refractivity contribution in [1.29, 1.82) is 0 Å². The minimum atomic E-state index is 0.643. The number of fused-ring (bicyclic) bond motifs is 1. The molecule has 3 heteroatoms. The van der Waals surface area contributed by atoms with Gasteiger partial charge in [-0.1, -0.05) is 13.3 Å². The zero-order valence-electron chi connectivity index (χ0n) is 10.7. The number of rotatable bonds is 4. The third-order valence-corrected chi connectivity index (χ3v) is 3.77. The molecule has 0 spiro atoms. The molecule has 1 aromatic heterocycles. The molecule has 94 valence electrons.